The minimum atomic E-state index is 0.696. The van der Waals surface area contributed by atoms with Crippen molar-refractivity contribution in [3.8, 4) is 10.8 Å². The van der Waals surface area contributed by atoms with Crippen molar-refractivity contribution in [3.63, 3.8) is 0 Å². The van der Waals surface area contributed by atoms with Gasteiger partial charge in [-0.1, -0.05) is 6.92 Å². The summed E-state index contributed by atoms with van der Waals surface area (Å²) in [6.07, 6.45) is 2.63. The number of rotatable bonds is 2. The van der Waals surface area contributed by atoms with Crippen molar-refractivity contribution >= 4 is 11.3 Å². The standard InChI is InChI=1S/C7H8N4S/c1-2-5-9-6(11-10-5)7-8-3-4-12-7/h3-4H,2H2,1H3,(H,9,10,11). The molecule has 2 rings (SSSR count). The summed E-state index contributed by atoms with van der Waals surface area (Å²) in [4.78, 5) is 8.36. The van der Waals surface area contributed by atoms with Gasteiger partial charge in [-0.05, 0) is 0 Å². The van der Waals surface area contributed by atoms with Crippen molar-refractivity contribution in [3.05, 3.63) is 17.4 Å². The summed E-state index contributed by atoms with van der Waals surface area (Å²) in [5.41, 5.74) is 0. The molecule has 2 aromatic rings. The molecular formula is C7H8N4S. The minimum Gasteiger partial charge on any atom is -0.263 e. The average Bonchev–Trinajstić information content (AvgIpc) is 2.75. The molecule has 0 aliphatic carbocycles. The van der Waals surface area contributed by atoms with Crippen LogP contribution in [0.15, 0.2) is 11.6 Å². The maximum atomic E-state index is 4.25. The lowest BCUT2D eigenvalue weighted by atomic mass is 10.5. The summed E-state index contributed by atoms with van der Waals surface area (Å²) < 4.78 is 0. The molecule has 62 valence electrons. The van der Waals surface area contributed by atoms with E-state index in [2.05, 4.69) is 20.2 Å². The van der Waals surface area contributed by atoms with Gasteiger partial charge in [0.1, 0.15) is 5.82 Å². The second-order valence-corrected chi connectivity index (χ2v) is 3.19. The van der Waals surface area contributed by atoms with Gasteiger partial charge in [-0.2, -0.15) is 5.10 Å². The van der Waals surface area contributed by atoms with Crippen LogP contribution in [-0.4, -0.2) is 20.2 Å². The quantitative estimate of drug-likeness (QED) is 0.761. The highest BCUT2D eigenvalue weighted by Crippen LogP contribution is 2.16. The van der Waals surface area contributed by atoms with Gasteiger partial charge in [0.25, 0.3) is 0 Å². The summed E-state index contributed by atoms with van der Waals surface area (Å²) in [7, 11) is 0. The Bertz CT molecular complexity index is 351. The summed E-state index contributed by atoms with van der Waals surface area (Å²) in [6, 6.07) is 0. The summed E-state index contributed by atoms with van der Waals surface area (Å²) in [5, 5.41) is 9.67. The van der Waals surface area contributed by atoms with Crippen LogP contribution in [0, 0.1) is 0 Å². The SMILES string of the molecule is CCc1nc(-c2nccs2)n[nH]1. The van der Waals surface area contributed by atoms with Crippen LogP contribution in [0.25, 0.3) is 10.8 Å². The van der Waals surface area contributed by atoms with E-state index in [9.17, 15) is 0 Å². The molecule has 4 nitrogen and oxygen atoms in total. The number of nitrogens with zero attached hydrogens (tertiary/aromatic N) is 3. The zero-order valence-corrected chi connectivity index (χ0v) is 7.43. The van der Waals surface area contributed by atoms with E-state index >= 15 is 0 Å². The van der Waals surface area contributed by atoms with E-state index in [1.165, 1.54) is 0 Å². The molecular weight excluding hydrogens is 172 g/mol. The third-order valence-corrected chi connectivity index (χ3v) is 2.26. The lowest BCUT2D eigenvalue weighted by molar-refractivity contribution is 0.946. The molecule has 1 N–H and O–H groups in total. The van der Waals surface area contributed by atoms with Gasteiger partial charge in [-0.15, -0.1) is 11.3 Å². The largest absolute Gasteiger partial charge is 0.263 e. The molecule has 12 heavy (non-hydrogen) atoms. The van der Waals surface area contributed by atoms with Gasteiger partial charge in [-0.25, -0.2) is 9.97 Å². The molecule has 5 heteroatoms. The van der Waals surface area contributed by atoms with Gasteiger partial charge in [0.15, 0.2) is 5.01 Å². The molecule has 0 aromatic carbocycles. The van der Waals surface area contributed by atoms with Crippen molar-refractivity contribution in [1.29, 1.82) is 0 Å². The number of hydrogen-bond donors (Lipinski definition) is 1. The number of nitrogens with one attached hydrogen (secondary N) is 1. The average molecular weight is 180 g/mol. The van der Waals surface area contributed by atoms with Crippen molar-refractivity contribution < 1.29 is 0 Å². The molecule has 0 saturated heterocycles. The van der Waals surface area contributed by atoms with Gasteiger partial charge in [-0.3, -0.25) is 5.10 Å². The first kappa shape index (κ1) is 7.42. The zero-order valence-electron chi connectivity index (χ0n) is 6.61. The van der Waals surface area contributed by atoms with Crippen molar-refractivity contribution in [2.24, 2.45) is 0 Å². The van der Waals surface area contributed by atoms with E-state index in [1.54, 1.807) is 17.5 Å². The number of H-pyrrole nitrogens is 1. The smallest absolute Gasteiger partial charge is 0.210 e. The van der Waals surface area contributed by atoms with E-state index in [1.807, 2.05) is 12.3 Å². The second-order valence-electron chi connectivity index (χ2n) is 2.30. The molecule has 0 spiro atoms. The molecule has 0 bridgehead atoms. The first-order chi connectivity index (χ1) is 5.90. The highest BCUT2D eigenvalue weighted by atomic mass is 32.1. The maximum Gasteiger partial charge on any atom is 0.210 e. The molecule has 0 aliphatic heterocycles. The van der Waals surface area contributed by atoms with Crippen LogP contribution in [0.2, 0.25) is 0 Å². The van der Waals surface area contributed by atoms with Gasteiger partial charge < -0.3 is 0 Å². The Morgan fingerprint density at radius 3 is 3.08 bits per heavy atom. The maximum absolute atomic E-state index is 4.25. The van der Waals surface area contributed by atoms with E-state index < -0.39 is 0 Å². The fraction of sp³-hybridized carbons (Fsp3) is 0.286. The van der Waals surface area contributed by atoms with Crippen LogP contribution < -0.4 is 0 Å². The van der Waals surface area contributed by atoms with Gasteiger partial charge >= 0.3 is 0 Å². The highest BCUT2D eigenvalue weighted by molar-refractivity contribution is 7.12. The molecule has 0 saturated carbocycles. The fourth-order valence-electron chi connectivity index (χ4n) is 0.883. The summed E-state index contributed by atoms with van der Waals surface area (Å²) >= 11 is 1.54. The van der Waals surface area contributed by atoms with E-state index in [0.717, 1.165) is 17.3 Å². The monoisotopic (exact) mass is 180 g/mol. The van der Waals surface area contributed by atoms with E-state index in [4.69, 9.17) is 0 Å². The summed E-state index contributed by atoms with van der Waals surface area (Å²) in [6.45, 7) is 2.03. The van der Waals surface area contributed by atoms with Gasteiger partial charge in [0.2, 0.25) is 5.82 Å². The predicted molar refractivity (Wildman–Crippen MR) is 46.9 cm³/mol. The topological polar surface area (TPSA) is 54.5 Å². The number of hydrogen-bond acceptors (Lipinski definition) is 4. The molecule has 0 fully saturated rings. The third-order valence-electron chi connectivity index (χ3n) is 1.49. The molecule has 0 amide bonds. The first-order valence-corrected chi connectivity index (χ1v) is 4.59. The van der Waals surface area contributed by atoms with Crippen LogP contribution in [-0.2, 0) is 6.42 Å². The Morgan fingerprint density at radius 2 is 2.50 bits per heavy atom. The predicted octanol–water partition coefficient (Wildman–Crippen LogP) is 1.49. The number of aromatic amines is 1. The van der Waals surface area contributed by atoms with Crippen LogP contribution in [0.5, 0.6) is 0 Å². The lowest BCUT2D eigenvalue weighted by Crippen LogP contribution is -1.81. The number of thiazole rings is 1. The Morgan fingerprint density at radius 1 is 1.58 bits per heavy atom. The zero-order chi connectivity index (χ0) is 8.39. The Labute approximate surface area is 73.7 Å². The fourth-order valence-corrected chi connectivity index (χ4v) is 1.45. The first-order valence-electron chi connectivity index (χ1n) is 3.71. The van der Waals surface area contributed by atoms with Crippen molar-refractivity contribution in [2.75, 3.05) is 0 Å². The van der Waals surface area contributed by atoms with Crippen LogP contribution >= 0.6 is 11.3 Å². The molecule has 2 heterocycles. The Kier molecular flexibility index (Phi) is 1.87. The molecule has 0 aliphatic rings. The lowest BCUT2D eigenvalue weighted by Gasteiger charge is -1.82. The normalized spacial score (nSPS) is 10.4. The highest BCUT2D eigenvalue weighted by Gasteiger charge is 2.05. The molecule has 0 radical (unpaired) electrons. The van der Waals surface area contributed by atoms with Gasteiger partial charge in [0, 0.05) is 18.0 Å². The van der Waals surface area contributed by atoms with Crippen molar-refractivity contribution in [1.82, 2.24) is 20.2 Å². The second kappa shape index (κ2) is 3.02. The Hall–Kier alpha value is -1.23. The van der Waals surface area contributed by atoms with E-state index in [-0.39, 0.29) is 0 Å². The van der Waals surface area contributed by atoms with E-state index in [0.29, 0.717) is 5.82 Å². The molecule has 0 atom stereocenters. The van der Waals surface area contributed by atoms with Crippen LogP contribution in [0.4, 0.5) is 0 Å². The third kappa shape index (κ3) is 1.23. The number of aryl methyl sites for hydroxylation is 1. The minimum absolute atomic E-state index is 0.696. The number of aromatic nitrogens is 4. The van der Waals surface area contributed by atoms with Crippen LogP contribution in [0.1, 0.15) is 12.7 Å². The van der Waals surface area contributed by atoms with Gasteiger partial charge in [0.05, 0.1) is 0 Å². The Balaban J connectivity index is 2.35. The van der Waals surface area contributed by atoms with Crippen molar-refractivity contribution in [2.45, 2.75) is 13.3 Å². The van der Waals surface area contributed by atoms with Crippen LogP contribution in [0.3, 0.4) is 0 Å². The summed E-state index contributed by atoms with van der Waals surface area (Å²) in [5.74, 6) is 1.60. The molecule has 2 aromatic heterocycles. The molecule has 0 unspecified atom stereocenters.